The highest BCUT2D eigenvalue weighted by Crippen LogP contribution is 1.71. The van der Waals surface area contributed by atoms with Crippen LogP contribution in [0.5, 0.6) is 0 Å². The Morgan fingerprint density at radius 1 is 1.78 bits per heavy atom. The van der Waals surface area contributed by atoms with E-state index in [1.165, 1.54) is 0 Å². The maximum absolute atomic E-state index is 10.3. The van der Waals surface area contributed by atoms with Crippen molar-refractivity contribution in [3.8, 4) is 11.8 Å². The van der Waals surface area contributed by atoms with E-state index < -0.39 is 5.97 Å². The SMILES string of the molecule is CC#CCOC(=O)CN. The number of hydrogen-bond donors (Lipinski definition) is 1. The topological polar surface area (TPSA) is 52.3 Å². The second kappa shape index (κ2) is 5.13. The van der Waals surface area contributed by atoms with E-state index in [2.05, 4.69) is 16.6 Å². The molecule has 0 fully saturated rings. The molecule has 0 heterocycles. The minimum atomic E-state index is -0.419. The molecule has 0 aromatic carbocycles. The van der Waals surface area contributed by atoms with Crippen LogP contribution >= 0.6 is 0 Å². The van der Waals surface area contributed by atoms with E-state index >= 15 is 0 Å². The molecule has 0 amide bonds. The smallest absolute Gasteiger partial charge is 0.320 e. The maximum Gasteiger partial charge on any atom is 0.320 e. The van der Waals surface area contributed by atoms with Gasteiger partial charge in [0.05, 0.1) is 6.54 Å². The van der Waals surface area contributed by atoms with Gasteiger partial charge in [-0.2, -0.15) is 0 Å². The highest BCUT2D eigenvalue weighted by Gasteiger charge is 1.93. The van der Waals surface area contributed by atoms with E-state index in [0.717, 1.165) is 0 Å². The van der Waals surface area contributed by atoms with E-state index in [1.807, 2.05) is 0 Å². The van der Waals surface area contributed by atoms with Crippen LogP contribution in [0.25, 0.3) is 0 Å². The summed E-state index contributed by atoms with van der Waals surface area (Å²) in [6.07, 6.45) is 0. The van der Waals surface area contributed by atoms with Crippen molar-refractivity contribution in [2.45, 2.75) is 6.92 Å². The van der Waals surface area contributed by atoms with E-state index in [1.54, 1.807) is 6.92 Å². The molecular formula is C6H9NO2. The van der Waals surface area contributed by atoms with Gasteiger partial charge in [0.1, 0.15) is 0 Å². The third-order valence-electron chi connectivity index (χ3n) is 0.649. The predicted octanol–water partition coefficient (Wildman–Crippen LogP) is -0.488. The molecule has 0 aliphatic carbocycles. The molecule has 0 rings (SSSR count). The summed E-state index contributed by atoms with van der Waals surface area (Å²) in [6.45, 7) is 1.74. The van der Waals surface area contributed by atoms with E-state index in [0.29, 0.717) is 0 Å². The highest BCUT2D eigenvalue weighted by atomic mass is 16.5. The molecule has 0 aromatic heterocycles. The zero-order valence-corrected chi connectivity index (χ0v) is 5.31. The molecule has 0 spiro atoms. The first-order chi connectivity index (χ1) is 4.31. The molecule has 3 nitrogen and oxygen atoms in total. The van der Waals surface area contributed by atoms with Crippen LogP contribution in [0.3, 0.4) is 0 Å². The first-order valence-corrected chi connectivity index (χ1v) is 2.56. The summed E-state index contributed by atoms with van der Waals surface area (Å²) in [5.74, 6) is 4.73. The lowest BCUT2D eigenvalue weighted by atomic mass is 10.6. The number of nitrogens with two attached hydrogens (primary N) is 1. The number of esters is 1. The van der Waals surface area contributed by atoms with Gasteiger partial charge in [-0.1, -0.05) is 5.92 Å². The van der Waals surface area contributed by atoms with Crippen molar-refractivity contribution in [1.82, 2.24) is 0 Å². The van der Waals surface area contributed by atoms with E-state index in [9.17, 15) is 4.79 Å². The molecule has 9 heavy (non-hydrogen) atoms. The average molecular weight is 127 g/mol. The fraction of sp³-hybridized carbons (Fsp3) is 0.500. The van der Waals surface area contributed by atoms with Gasteiger partial charge in [-0.3, -0.25) is 4.79 Å². The van der Waals surface area contributed by atoms with Crippen molar-refractivity contribution in [3.05, 3.63) is 0 Å². The zero-order chi connectivity index (χ0) is 7.11. The Morgan fingerprint density at radius 2 is 2.44 bits per heavy atom. The molecule has 0 radical (unpaired) electrons. The van der Waals surface area contributed by atoms with Crippen LogP contribution in [0.15, 0.2) is 0 Å². The standard InChI is InChI=1S/C6H9NO2/c1-2-3-4-9-6(8)5-7/h4-5,7H2,1H3. The molecular weight excluding hydrogens is 118 g/mol. The van der Waals surface area contributed by atoms with Gasteiger partial charge in [-0.05, 0) is 6.92 Å². The van der Waals surface area contributed by atoms with Crippen molar-refractivity contribution in [1.29, 1.82) is 0 Å². The van der Waals surface area contributed by atoms with E-state index in [-0.39, 0.29) is 13.2 Å². The Bertz CT molecular complexity index is 143. The Kier molecular flexibility index (Phi) is 4.56. The van der Waals surface area contributed by atoms with Gasteiger partial charge < -0.3 is 10.5 Å². The fourth-order valence-electron chi connectivity index (χ4n) is 0.248. The van der Waals surface area contributed by atoms with Gasteiger partial charge in [0.2, 0.25) is 0 Å². The molecule has 0 saturated carbocycles. The molecule has 0 bridgehead atoms. The van der Waals surface area contributed by atoms with Crippen LogP contribution in [-0.4, -0.2) is 19.1 Å². The van der Waals surface area contributed by atoms with Crippen LogP contribution in [0.2, 0.25) is 0 Å². The summed E-state index contributed by atoms with van der Waals surface area (Å²) in [4.78, 5) is 10.3. The molecule has 0 saturated heterocycles. The molecule has 0 atom stereocenters. The Hall–Kier alpha value is -1.01. The average Bonchev–Trinajstić information content (AvgIpc) is 1.89. The fourth-order valence-corrected chi connectivity index (χ4v) is 0.248. The molecule has 0 aliphatic heterocycles. The van der Waals surface area contributed by atoms with Gasteiger partial charge in [0.25, 0.3) is 0 Å². The summed E-state index contributed by atoms with van der Waals surface area (Å²) in [5, 5.41) is 0. The van der Waals surface area contributed by atoms with Crippen molar-refractivity contribution < 1.29 is 9.53 Å². The number of ether oxygens (including phenoxy) is 1. The molecule has 0 aromatic rings. The van der Waals surface area contributed by atoms with Gasteiger partial charge in [-0.15, -0.1) is 5.92 Å². The van der Waals surface area contributed by atoms with Gasteiger partial charge in [0, 0.05) is 0 Å². The number of carbonyl (C=O) groups is 1. The first-order valence-electron chi connectivity index (χ1n) is 2.56. The summed E-state index contributed by atoms with van der Waals surface area (Å²) in [7, 11) is 0. The molecule has 2 N–H and O–H groups in total. The van der Waals surface area contributed by atoms with Crippen LogP contribution in [0, 0.1) is 11.8 Å². The first kappa shape index (κ1) is 7.99. The van der Waals surface area contributed by atoms with Crippen molar-refractivity contribution in [2.24, 2.45) is 5.73 Å². The summed E-state index contributed by atoms with van der Waals surface area (Å²) in [6, 6.07) is 0. The minimum Gasteiger partial charge on any atom is -0.452 e. The zero-order valence-electron chi connectivity index (χ0n) is 5.31. The lowest BCUT2D eigenvalue weighted by Crippen LogP contribution is -2.16. The summed E-state index contributed by atoms with van der Waals surface area (Å²) >= 11 is 0. The minimum absolute atomic E-state index is 0.0780. The second-order valence-corrected chi connectivity index (χ2v) is 1.29. The number of hydrogen-bond acceptors (Lipinski definition) is 3. The lowest BCUT2D eigenvalue weighted by Gasteiger charge is -1.93. The predicted molar refractivity (Wildman–Crippen MR) is 33.5 cm³/mol. The van der Waals surface area contributed by atoms with Crippen LogP contribution in [0.4, 0.5) is 0 Å². The lowest BCUT2D eigenvalue weighted by molar-refractivity contribution is -0.140. The van der Waals surface area contributed by atoms with Gasteiger partial charge in [-0.25, -0.2) is 0 Å². The highest BCUT2D eigenvalue weighted by molar-refractivity contribution is 5.71. The van der Waals surface area contributed by atoms with Crippen molar-refractivity contribution >= 4 is 5.97 Å². The molecule has 0 unspecified atom stereocenters. The molecule has 3 heteroatoms. The maximum atomic E-state index is 10.3. The van der Waals surface area contributed by atoms with Gasteiger partial charge in [0.15, 0.2) is 6.61 Å². The largest absolute Gasteiger partial charge is 0.452 e. The third-order valence-corrected chi connectivity index (χ3v) is 0.649. The van der Waals surface area contributed by atoms with Crippen LogP contribution in [0.1, 0.15) is 6.92 Å². The quantitative estimate of drug-likeness (QED) is 0.402. The van der Waals surface area contributed by atoms with Gasteiger partial charge >= 0.3 is 5.97 Å². The second-order valence-electron chi connectivity index (χ2n) is 1.29. The van der Waals surface area contributed by atoms with E-state index in [4.69, 9.17) is 5.73 Å². The Morgan fingerprint density at radius 3 is 2.89 bits per heavy atom. The molecule has 0 aliphatic rings. The van der Waals surface area contributed by atoms with Crippen LogP contribution in [-0.2, 0) is 9.53 Å². The Balaban J connectivity index is 3.24. The molecule has 50 valence electrons. The number of carbonyl (C=O) groups excluding carboxylic acids is 1. The van der Waals surface area contributed by atoms with Crippen molar-refractivity contribution in [3.63, 3.8) is 0 Å². The summed E-state index contributed by atoms with van der Waals surface area (Å²) in [5.41, 5.74) is 4.93. The monoisotopic (exact) mass is 127 g/mol. The third kappa shape index (κ3) is 4.85. The Labute approximate surface area is 54.2 Å². The van der Waals surface area contributed by atoms with Crippen LogP contribution < -0.4 is 5.73 Å². The summed E-state index contributed by atoms with van der Waals surface area (Å²) < 4.78 is 4.49. The van der Waals surface area contributed by atoms with Crippen molar-refractivity contribution in [2.75, 3.05) is 13.2 Å². The normalized spacial score (nSPS) is 7.33. The number of rotatable bonds is 2.